The predicted molar refractivity (Wildman–Crippen MR) is 80.5 cm³/mol. The zero-order chi connectivity index (χ0) is 13.7. The van der Waals surface area contributed by atoms with Crippen molar-refractivity contribution in [1.29, 1.82) is 0 Å². The SMILES string of the molecule is CCCNC1CCN(C2CCCC(OC)C2)CC1C. The Morgan fingerprint density at radius 3 is 2.79 bits per heavy atom. The molecule has 1 saturated heterocycles. The van der Waals surface area contributed by atoms with Crippen LogP contribution in [0.3, 0.4) is 0 Å². The van der Waals surface area contributed by atoms with Crippen molar-refractivity contribution in [2.24, 2.45) is 5.92 Å². The second-order valence-electron chi connectivity index (χ2n) is 6.50. The largest absolute Gasteiger partial charge is 0.381 e. The summed E-state index contributed by atoms with van der Waals surface area (Å²) in [5.41, 5.74) is 0. The van der Waals surface area contributed by atoms with Crippen LogP contribution in [0.5, 0.6) is 0 Å². The molecule has 1 saturated carbocycles. The van der Waals surface area contributed by atoms with E-state index in [4.69, 9.17) is 4.74 Å². The Kier molecular flexibility index (Phi) is 6.11. The van der Waals surface area contributed by atoms with E-state index in [9.17, 15) is 0 Å². The first-order valence-electron chi connectivity index (χ1n) is 8.24. The molecule has 0 aromatic carbocycles. The first kappa shape index (κ1) is 15.3. The maximum Gasteiger partial charge on any atom is 0.0586 e. The zero-order valence-corrected chi connectivity index (χ0v) is 13.0. The Bertz CT molecular complexity index is 259. The van der Waals surface area contributed by atoms with Gasteiger partial charge in [0, 0.05) is 25.7 Å². The van der Waals surface area contributed by atoms with Crippen molar-refractivity contribution in [1.82, 2.24) is 10.2 Å². The minimum absolute atomic E-state index is 0.505. The molecule has 2 rings (SSSR count). The normalized spacial score (nSPS) is 37.4. The summed E-state index contributed by atoms with van der Waals surface area (Å²) in [7, 11) is 1.87. The average Bonchev–Trinajstić information content (AvgIpc) is 2.46. The van der Waals surface area contributed by atoms with Crippen molar-refractivity contribution < 1.29 is 4.74 Å². The summed E-state index contributed by atoms with van der Waals surface area (Å²) in [6.45, 7) is 8.37. The van der Waals surface area contributed by atoms with Crippen molar-refractivity contribution in [3.63, 3.8) is 0 Å². The van der Waals surface area contributed by atoms with E-state index < -0.39 is 0 Å². The van der Waals surface area contributed by atoms with E-state index in [1.165, 1.54) is 58.2 Å². The number of hydrogen-bond acceptors (Lipinski definition) is 3. The van der Waals surface area contributed by atoms with E-state index in [1.807, 2.05) is 7.11 Å². The van der Waals surface area contributed by atoms with Crippen LogP contribution in [0.25, 0.3) is 0 Å². The second-order valence-corrected chi connectivity index (χ2v) is 6.50. The van der Waals surface area contributed by atoms with Gasteiger partial charge in [-0.05, 0) is 57.5 Å². The fraction of sp³-hybridized carbons (Fsp3) is 1.00. The second kappa shape index (κ2) is 7.61. The van der Waals surface area contributed by atoms with E-state index in [0.717, 1.165) is 18.0 Å². The van der Waals surface area contributed by atoms with Gasteiger partial charge in [-0.25, -0.2) is 0 Å². The Morgan fingerprint density at radius 2 is 2.11 bits per heavy atom. The summed E-state index contributed by atoms with van der Waals surface area (Å²) in [6.07, 6.45) is 8.28. The summed E-state index contributed by atoms with van der Waals surface area (Å²) in [5.74, 6) is 0.781. The van der Waals surface area contributed by atoms with Crippen LogP contribution in [0.2, 0.25) is 0 Å². The lowest BCUT2D eigenvalue weighted by molar-refractivity contribution is 0.0114. The number of hydrogen-bond donors (Lipinski definition) is 1. The highest BCUT2D eigenvalue weighted by molar-refractivity contribution is 4.88. The lowest BCUT2D eigenvalue weighted by atomic mass is 9.87. The van der Waals surface area contributed by atoms with Crippen molar-refractivity contribution in [2.45, 2.75) is 70.6 Å². The van der Waals surface area contributed by atoms with Gasteiger partial charge in [0.15, 0.2) is 0 Å². The third kappa shape index (κ3) is 4.17. The number of ether oxygens (including phenoxy) is 1. The molecular formula is C16H32N2O. The molecule has 0 bridgehead atoms. The molecular weight excluding hydrogens is 236 g/mol. The highest BCUT2D eigenvalue weighted by Gasteiger charge is 2.32. The van der Waals surface area contributed by atoms with Crippen molar-refractivity contribution in [3.8, 4) is 0 Å². The molecule has 0 aromatic heterocycles. The molecule has 0 spiro atoms. The van der Waals surface area contributed by atoms with Crippen LogP contribution < -0.4 is 5.32 Å². The minimum atomic E-state index is 0.505. The standard InChI is InChI=1S/C16H32N2O/c1-4-9-17-16-8-10-18(12-13(16)2)14-6-5-7-15(11-14)19-3/h13-17H,4-12H2,1-3H3. The van der Waals surface area contributed by atoms with Gasteiger partial charge in [0.05, 0.1) is 6.10 Å². The molecule has 112 valence electrons. The molecule has 0 amide bonds. The number of piperidine rings is 1. The Hall–Kier alpha value is -0.120. The third-order valence-electron chi connectivity index (χ3n) is 5.04. The van der Waals surface area contributed by atoms with Gasteiger partial charge in [-0.2, -0.15) is 0 Å². The van der Waals surface area contributed by atoms with Gasteiger partial charge in [0.2, 0.25) is 0 Å². The summed E-state index contributed by atoms with van der Waals surface area (Å²) in [5, 5.41) is 3.71. The maximum atomic E-state index is 5.57. The Labute approximate surface area is 119 Å². The molecule has 0 aromatic rings. The van der Waals surface area contributed by atoms with Crippen molar-refractivity contribution in [3.05, 3.63) is 0 Å². The van der Waals surface area contributed by atoms with Gasteiger partial charge in [0.25, 0.3) is 0 Å². The van der Waals surface area contributed by atoms with Gasteiger partial charge in [-0.3, -0.25) is 4.90 Å². The molecule has 1 heterocycles. The maximum absolute atomic E-state index is 5.57. The Balaban J connectivity index is 1.80. The summed E-state index contributed by atoms with van der Waals surface area (Å²) in [6, 6.07) is 1.51. The number of likely N-dealkylation sites (tertiary alicyclic amines) is 1. The highest BCUT2D eigenvalue weighted by Crippen LogP contribution is 2.28. The number of nitrogens with zero attached hydrogens (tertiary/aromatic N) is 1. The minimum Gasteiger partial charge on any atom is -0.381 e. The van der Waals surface area contributed by atoms with E-state index in [-0.39, 0.29) is 0 Å². The first-order chi connectivity index (χ1) is 9.24. The molecule has 1 N–H and O–H groups in total. The van der Waals surface area contributed by atoms with Crippen LogP contribution in [0, 0.1) is 5.92 Å². The van der Waals surface area contributed by atoms with E-state index in [1.54, 1.807) is 0 Å². The van der Waals surface area contributed by atoms with E-state index in [2.05, 4.69) is 24.1 Å². The topological polar surface area (TPSA) is 24.5 Å². The van der Waals surface area contributed by atoms with E-state index >= 15 is 0 Å². The van der Waals surface area contributed by atoms with Crippen LogP contribution in [0.15, 0.2) is 0 Å². The smallest absolute Gasteiger partial charge is 0.0586 e. The summed E-state index contributed by atoms with van der Waals surface area (Å²) < 4.78 is 5.57. The molecule has 4 atom stereocenters. The monoisotopic (exact) mass is 268 g/mol. The molecule has 1 aliphatic heterocycles. The number of rotatable bonds is 5. The molecule has 0 radical (unpaired) electrons. The van der Waals surface area contributed by atoms with Gasteiger partial charge < -0.3 is 10.1 Å². The first-order valence-corrected chi connectivity index (χ1v) is 8.24. The zero-order valence-electron chi connectivity index (χ0n) is 13.0. The fourth-order valence-electron chi connectivity index (χ4n) is 3.81. The molecule has 4 unspecified atom stereocenters. The summed E-state index contributed by atoms with van der Waals surface area (Å²) >= 11 is 0. The molecule has 19 heavy (non-hydrogen) atoms. The van der Waals surface area contributed by atoms with Gasteiger partial charge in [0.1, 0.15) is 0 Å². The Morgan fingerprint density at radius 1 is 1.26 bits per heavy atom. The average molecular weight is 268 g/mol. The molecule has 3 heteroatoms. The van der Waals surface area contributed by atoms with Gasteiger partial charge >= 0.3 is 0 Å². The molecule has 1 aliphatic carbocycles. The van der Waals surface area contributed by atoms with Crippen LogP contribution in [-0.2, 0) is 4.74 Å². The summed E-state index contributed by atoms with van der Waals surface area (Å²) in [4.78, 5) is 2.74. The quantitative estimate of drug-likeness (QED) is 0.829. The predicted octanol–water partition coefficient (Wildman–Crippen LogP) is 2.65. The van der Waals surface area contributed by atoms with Crippen LogP contribution in [0.4, 0.5) is 0 Å². The van der Waals surface area contributed by atoms with Crippen LogP contribution >= 0.6 is 0 Å². The van der Waals surface area contributed by atoms with E-state index in [0.29, 0.717) is 6.10 Å². The van der Waals surface area contributed by atoms with Crippen molar-refractivity contribution >= 4 is 0 Å². The highest BCUT2D eigenvalue weighted by atomic mass is 16.5. The van der Waals surface area contributed by atoms with Crippen molar-refractivity contribution in [2.75, 3.05) is 26.7 Å². The number of nitrogens with one attached hydrogen (secondary N) is 1. The molecule has 3 nitrogen and oxygen atoms in total. The van der Waals surface area contributed by atoms with Gasteiger partial charge in [-0.15, -0.1) is 0 Å². The third-order valence-corrected chi connectivity index (χ3v) is 5.04. The van der Waals surface area contributed by atoms with Gasteiger partial charge in [-0.1, -0.05) is 13.8 Å². The lowest BCUT2D eigenvalue weighted by Crippen LogP contribution is -2.52. The lowest BCUT2D eigenvalue weighted by Gasteiger charge is -2.44. The molecule has 2 aliphatic rings. The molecule has 2 fully saturated rings. The number of methoxy groups -OCH3 is 1. The fourth-order valence-corrected chi connectivity index (χ4v) is 3.81. The van der Waals surface area contributed by atoms with Crippen LogP contribution in [-0.4, -0.2) is 49.8 Å². The van der Waals surface area contributed by atoms with Crippen LogP contribution in [0.1, 0.15) is 52.4 Å².